The first-order chi connectivity index (χ1) is 8.49. The molecule has 1 saturated heterocycles. The van der Waals surface area contributed by atoms with Crippen molar-refractivity contribution >= 4 is 29.1 Å². The summed E-state index contributed by atoms with van der Waals surface area (Å²) in [7, 11) is 0. The van der Waals surface area contributed by atoms with Crippen LogP contribution >= 0.6 is 23.2 Å². The van der Waals surface area contributed by atoms with Crippen molar-refractivity contribution in [2.75, 3.05) is 13.1 Å². The van der Waals surface area contributed by atoms with Crippen molar-refractivity contribution in [3.63, 3.8) is 0 Å². The van der Waals surface area contributed by atoms with Gasteiger partial charge in [0, 0.05) is 24.0 Å². The van der Waals surface area contributed by atoms with Crippen molar-refractivity contribution in [3.8, 4) is 0 Å². The molecule has 1 aromatic rings. The number of carbonyl (C=O) groups excluding carboxylic acids is 1. The smallest absolute Gasteiger partial charge is 0.255 e. The van der Waals surface area contributed by atoms with Crippen molar-refractivity contribution in [1.29, 1.82) is 0 Å². The van der Waals surface area contributed by atoms with E-state index in [0.29, 0.717) is 28.7 Å². The standard InChI is InChI=1S/C13H15Cl2NO2/c1-8(17)9-4-5-16(7-9)13(18)11-3-2-10(14)6-12(11)15/h2-3,6,8-9,17H,4-5,7H2,1H3. The summed E-state index contributed by atoms with van der Waals surface area (Å²) in [5.41, 5.74) is 0.465. The van der Waals surface area contributed by atoms with Crippen molar-refractivity contribution in [3.05, 3.63) is 33.8 Å². The van der Waals surface area contributed by atoms with Crippen molar-refractivity contribution in [2.45, 2.75) is 19.4 Å². The molecule has 3 nitrogen and oxygen atoms in total. The fourth-order valence-corrected chi connectivity index (χ4v) is 2.69. The Kier molecular flexibility index (Phi) is 4.15. The zero-order chi connectivity index (χ0) is 13.3. The third-order valence-electron chi connectivity index (χ3n) is 3.36. The molecular weight excluding hydrogens is 273 g/mol. The van der Waals surface area contributed by atoms with Crippen molar-refractivity contribution in [1.82, 2.24) is 4.90 Å². The topological polar surface area (TPSA) is 40.5 Å². The molecule has 1 aromatic carbocycles. The van der Waals surface area contributed by atoms with Gasteiger partial charge in [-0.05, 0) is 31.5 Å². The maximum absolute atomic E-state index is 12.3. The van der Waals surface area contributed by atoms with Gasteiger partial charge >= 0.3 is 0 Å². The summed E-state index contributed by atoms with van der Waals surface area (Å²) < 4.78 is 0. The Morgan fingerprint density at radius 1 is 1.50 bits per heavy atom. The summed E-state index contributed by atoms with van der Waals surface area (Å²) in [5.74, 6) is 0.0554. The Balaban J connectivity index is 2.13. The monoisotopic (exact) mass is 287 g/mol. The van der Waals surface area contributed by atoms with E-state index in [1.54, 1.807) is 30.0 Å². The Hall–Kier alpha value is -0.770. The molecule has 0 aliphatic carbocycles. The second-order valence-electron chi connectivity index (χ2n) is 4.66. The Labute approximate surface area is 116 Å². The summed E-state index contributed by atoms with van der Waals surface area (Å²) in [4.78, 5) is 14.0. The van der Waals surface area contributed by atoms with Crippen LogP contribution < -0.4 is 0 Å². The lowest BCUT2D eigenvalue weighted by Gasteiger charge is -2.18. The number of amides is 1. The zero-order valence-electron chi connectivity index (χ0n) is 10.1. The van der Waals surface area contributed by atoms with Crippen LogP contribution in [0, 0.1) is 5.92 Å². The molecule has 2 atom stereocenters. The van der Waals surface area contributed by atoms with Gasteiger partial charge in [0.05, 0.1) is 16.7 Å². The van der Waals surface area contributed by atoms with E-state index in [2.05, 4.69) is 0 Å². The molecule has 2 unspecified atom stereocenters. The molecule has 5 heteroatoms. The number of benzene rings is 1. The highest BCUT2D eigenvalue weighted by Crippen LogP contribution is 2.26. The lowest BCUT2D eigenvalue weighted by atomic mass is 10.0. The van der Waals surface area contributed by atoms with Crippen LogP contribution in [0.15, 0.2) is 18.2 Å². The first-order valence-electron chi connectivity index (χ1n) is 5.91. The molecule has 98 valence electrons. The maximum Gasteiger partial charge on any atom is 0.255 e. The first kappa shape index (κ1) is 13.7. The molecule has 0 aromatic heterocycles. The minimum atomic E-state index is -0.386. The van der Waals surface area contributed by atoms with E-state index < -0.39 is 0 Å². The summed E-state index contributed by atoms with van der Waals surface area (Å²) in [5, 5.41) is 10.4. The van der Waals surface area contributed by atoms with E-state index in [1.165, 1.54) is 0 Å². The molecule has 1 heterocycles. The van der Waals surface area contributed by atoms with E-state index in [-0.39, 0.29) is 17.9 Å². The second-order valence-corrected chi connectivity index (χ2v) is 5.51. The van der Waals surface area contributed by atoms with E-state index in [4.69, 9.17) is 23.2 Å². The molecular formula is C13H15Cl2NO2. The van der Waals surface area contributed by atoms with Crippen LogP contribution in [0.4, 0.5) is 0 Å². The molecule has 1 amide bonds. The van der Waals surface area contributed by atoms with Crippen LogP contribution in [-0.2, 0) is 0 Å². The average molecular weight is 288 g/mol. The van der Waals surface area contributed by atoms with Gasteiger partial charge in [0.1, 0.15) is 0 Å². The number of hydrogen-bond acceptors (Lipinski definition) is 2. The normalized spacial score (nSPS) is 21.1. The molecule has 0 spiro atoms. The minimum Gasteiger partial charge on any atom is -0.393 e. The average Bonchev–Trinajstić information content (AvgIpc) is 2.77. The maximum atomic E-state index is 12.3. The van der Waals surface area contributed by atoms with Gasteiger partial charge in [-0.2, -0.15) is 0 Å². The van der Waals surface area contributed by atoms with E-state index >= 15 is 0 Å². The lowest BCUT2D eigenvalue weighted by molar-refractivity contribution is 0.0762. The van der Waals surface area contributed by atoms with Crippen LogP contribution in [0.1, 0.15) is 23.7 Å². The van der Waals surface area contributed by atoms with Crippen LogP contribution in [0.5, 0.6) is 0 Å². The van der Waals surface area contributed by atoms with E-state index in [1.807, 2.05) is 0 Å². The highest BCUT2D eigenvalue weighted by Gasteiger charge is 2.30. The third kappa shape index (κ3) is 2.79. The van der Waals surface area contributed by atoms with Gasteiger partial charge in [-0.1, -0.05) is 23.2 Å². The number of rotatable bonds is 2. The lowest BCUT2D eigenvalue weighted by Crippen LogP contribution is -2.30. The molecule has 2 rings (SSSR count). The number of likely N-dealkylation sites (tertiary alicyclic amines) is 1. The van der Waals surface area contributed by atoms with Crippen LogP contribution in [0.2, 0.25) is 10.0 Å². The molecule has 1 aliphatic heterocycles. The fourth-order valence-electron chi connectivity index (χ4n) is 2.20. The van der Waals surface area contributed by atoms with Crippen LogP contribution in [0.25, 0.3) is 0 Å². The SMILES string of the molecule is CC(O)C1CCN(C(=O)c2ccc(Cl)cc2Cl)C1. The number of nitrogens with zero attached hydrogens (tertiary/aromatic N) is 1. The number of aliphatic hydroxyl groups is 1. The van der Waals surface area contributed by atoms with Gasteiger partial charge in [-0.15, -0.1) is 0 Å². The predicted octanol–water partition coefficient (Wildman–Crippen LogP) is 2.84. The van der Waals surface area contributed by atoms with Crippen LogP contribution in [0.3, 0.4) is 0 Å². The van der Waals surface area contributed by atoms with Gasteiger partial charge in [-0.3, -0.25) is 4.79 Å². The Morgan fingerprint density at radius 3 is 2.78 bits per heavy atom. The number of halogens is 2. The summed E-state index contributed by atoms with van der Waals surface area (Å²) in [6, 6.07) is 4.87. The second kappa shape index (κ2) is 5.47. The molecule has 18 heavy (non-hydrogen) atoms. The highest BCUT2D eigenvalue weighted by molar-refractivity contribution is 6.36. The molecule has 0 bridgehead atoms. The molecule has 0 saturated carbocycles. The van der Waals surface area contributed by atoms with Gasteiger partial charge in [0.25, 0.3) is 5.91 Å². The van der Waals surface area contributed by atoms with Crippen molar-refractivity contribution in [2.24, 2.45) is 5.92 Å². The Bertz CT molecular complexity index is 462. The summed E-state index contributed by atoms with van der Waals surface area (Å²) >= 11 is 11.8. The van der Waals surface area contributed by atoms with Gasteiger partial charge in [0.15, 0.2) is 0 Å². The zero-order valence-corrected chi connectivity index (χ0v) is 11.6. The van der Waals surface area contributed by atoms with E-state index in [0.717, 1.165) is 6.42 Å². The summed E-state index contributed by atoms with van der Waals surface area (Å²) in [6.45, 7) is 3.00. The third-order valence-corrected chi connectivity index (χ3v) is 3.90. The van der Waals surface area contributed by atoms with E-state index in [9.17, 15) is 9.90 Å². The largest absolute Gasteiger partial charge is 0.393 e. The predicted molar refractivity (Wildman–Crippen MR) is 72.2 cm³/mol. The first-order valence-corrected chi connectivity index (χ1v) is 6.67. The van der Waals surface area contributed by atoms with Crippen LogP contribution in [-0.4, -0.2) is 35.1 Å². The number of carbonyl (C=O) groups is 1. The molecule has 1 N–H and O–H groups in total. The van der Waals surface area contributed by atoms with Gasteiger partial charge in [-0.25, -0.2) is 0 Å². The quantitative estimate of drug-likeness (QED) is 0.909. The van der Waals surface area contributed by atoms with Gasteiger partial charge < -0.3 is 10.0 Å². The van der Waals surface area contributed by atoms with Gasteiger partial charge in [0.2, 0.25) is 0 Å². The fraction of sp³-hybridized carbons (Fsp3) is 0.462. The highest BCUT2D eigenvalue weighted by atomic mass is 35.5. The minimum absolute atomic E-state index is 0.0974. The molecule has 0 radical (unpaired) electrons. The Morgan fingerprint density at radius 2 is 2.22 bits per heavy atom. The van der Waals surface area contributed by atoms with Crippen molar-refractivity contribution < 1.29 is 9.90 Å². The molecule has 1 aliphatic rings. The summed E-state index contributed by atoms with van der Waals surface area (Å²) in [6.07, 6.45) is 0.442. The number of aliphatic hydroxyl groups excluding tert-OH is 1. The molecule has 1 fully saturated rings. The number of hydrogen-bond donors (Lipinski definition) is 1.